The monoisotopic (exact) mass is 396 g/mol. The molecule has 7 nitrogen and oxygen atoms in total. The molecule has 0 aliphatic carbocycles. The summed E-state index contributed by atoms with van der Waals surface area (Å²) in [7, 11) is 0. The van der Waals surface area contributed by atoms with Crippen LogP contribution in [0.4, 0.5) is 4.39 Å². The Morgan fingerprint density at radius 2 is 2.03 bits per heavy atom. The van der Waals surface area contributed by atoms with Crippen molar-refractivity contribution in [1.29, 1.82) is 5.26 Å². The lowest BCUT2D eigenvalue weighted by Crippen LogP contribution is -2.43. The van der Waals surface area contributed by atoms with Crippen LogP contribution in [0.5, 0.6) is 0 Å². The minimum atomic E-state index is -0.933. The van der Waals surface area contributed by atoms with Gasteiger partial charge in [0.1, 0.15) is 29.3 Å². The Hall–Kier alpha value is -3.73. The van der Waals surface area contributed by atoms with E-state index in [9.17, 15) is 14.0 Å². The molecule has 0 bridgehead atoms. The van der Waals surface area contributed by atoms with Gasteiger partial charge in [0.05, 0.1) is 18.3 Å². The Kier molecular flexibility index (Phi) is 7.04. The van der Waals surface area contributed by atoms with Crippen LogP contribution < -0.4 is 5.32 Å². The molecule has 3 rings (SSSR count). The molecule has 0 aliphatic heterocycles. The predicted molar refractivity (Wildman–Crippen MR) is 106 cm³/mol. The molecule has 1 atom stereocenters. The number of nitrogens with zero attached hydrogens (tertiary/aromatic N) is 2. The number of carbonyl (C=O) groups excluding carboxylic acids is 2. The van der Waals surface area contributed by atoms with Crippen molar-refractivity contribution in [2.45, 2.75) is 26.8 Å². The average molecular weight is 396 g/mol. The quantitative estimate of drug-likeness (QED) is 0.623. The molecule has 0 saturated heterocycles. The summed E-state index contributed by atoms with van der Waals surface area (Å²) >= 11 is 0. The summed E-state index contributed by atoms with van der Waals surface area (Å²) in [5.41, 5.74) is 1.73. The number of nitriles is 1. The lowest BCUT2D eigenvalue weighted by atomic mass is 10.1. The average Bonchev–Trinajstić information content (AvgIpc) is 3.12. The zero-order valence-electron chi connectivity index (χ0n) is 15.0. The van der Waals surface area contributed by atoms with E-state index in [-0.39, 0.29) is 37.7 Å². The maximum Gasteiger partial charge on any atom is 0.328 e. The fraction of sp³-hybridized carbons (Fsp3) is 0.238. The number of amides is 1. The molecule has 1 amide bonds. The van der Waals surface area contributed by atoms with Gasteiger partial charge in [-0.25, -0.2) is 14.2 Å². The van der Waals surface area contributed by atoms with Crippen LogP contribution in [0.25, 0.3) is 10.9 Å². The highest BCUT2D eigenvalue weighted by Crippen LogP contribution is 2.16. The zero-order chi connectivity index (χ0) is 20.1. The summed E-state index contributed by atoms with van der Waals surface area (Å²) in [6.07, 6.45) is 1.62. The van der Waals surface area contributed by atoms with Gasteiger partial charge in [-0.1, -0.05) is 19.6 Å². The number of hydrogen-bond donors (Lipinski definition) is 2. The second-order valence-corrected chi connectivity index (χ2v) is 6.06. The van der Waals surface area contributed by atoms with Crippen molar-refractivity contribution in [2.75, 3.05) is 6.61 Å². The van der Waals surface area contributed by atoms with E-state index in [0.29, 0.717) is 16.5 Å². The van der Waals surface area contributed by atoms with Gasteiger partial charge in [-0.3, -0.25) is 4.79 Å². The molecule has 0 unspecified atom stereocenters. The summed E-state index contributed by atoms with van der Waals surface area (Å²) in [6, 6.07) is 9.81. The van der Waals surface area contributed by atoms with Gasteiger partial charge in [-0.15, -0.1) is 0 Å². The van der Waals surface area contributed by atoms with E-state index in [1.54, 1.807) is 31.2 Å². The number of aromatic amines is 1. The van der Waals surface area contributed by atoms with Crippen molar-refractivity contribution in [3.05, 3.63) is 65.4 Å². The number of esters is 1. The number of halogens is 1. The van der Waals surface area contributed by atoms with Crippen LogP contribution in [0.3, 0.4) is 0 Å². The number of fused-ring (bicyclic) bond motifs is 1. The fourth-order valence-electron chi connectivity index (χ4n) is 2.74. The number of H-pyrrole nitrogens is 1. The van der Waals surface area contributed by atoms with Gasteiger partial charge in [0.15, 0.2) is 0 Å². The molecule has 150 valence electrons. The lowest BCUT2D eigenvalue weighted by molar-refractivity contribution is -0.145. The van der Waals surface area contributed by atoms with Crippen LogP contribution in [0.15, 0.2) is 42.6 Å². The first-order chi connectivity index (χ1) is 13.5. The molecule has 1 aromatic carbocycles. The minimum absolute atomic E-state index is 0. The molecule has 0 saturated carbocycles. The number of pyridine rings is 1. The van der Waals surface area contributed by atoms with Gasteiger partial charge in [-0.05, 0) is 36.8 Å². The number of carbonyl (C=O) groups is 2. The number of benzene rings is 1. The van der Waals surface area contributed by atoms with E-state index in [0.717, 1.165) is 0 Å². The van der Waals surface area contributed by atoms with E-state index in [2.05, 4.69) is 15.3 Å². The van der Waals surface area contributed by atoms with E-state index in [4.69, 9.17) is 10.00 Å². The highest BCUT2D eigenvalue weighted by atomic mass is 19.1. The van der Waals surface area contributed by atoms with Crippen molar-refractivity contribution in [3.63, 3.8) is 0 Å². The maximum atomic E-state index is 13.1. The van der Waals surface area contributed by atoms with E-state index < -0.39 is 17.9 Å². The normalized spacial score (nSPS) is 11.2. The van der Waals surface area contributed by atoms with E-state index in [1.807, 2.05) is 6.07 Å². The van der Waals surface area contributed by atoms with Gasteiger partial charge in [0.25, 0.3) is 5.91 Å². The Bertz CT molecular complexity index is 1050. The highest BCUT2D eigenvalue weighted by Gasteiger charge is 2.24. The highest BCUT2D eigenvalue weighted by molar-refractivity contribution is 5.99. The van der Waals surface area contributed by atoms with Crippen LogP contribution in [-0.2, 0) is 16.0 Å². The SMILES string of the molecule is C.CCOC(=O)[C@H](Cc1ccc(F)cc1)NC(=O)c1cc2cc(C#N)ncc2[nH]1. The third-order valence-electron chi connectivity index (χ3n) is 4.09. The van der Waals surface area contributed by atoms with Crippen molar-refractivity contribution in [1.82, 2.24) is 15.3 Å². The number of nitrogens with one attached hydrogen (secondary N) is 2. The Labute approximate surface area is 167 Å². The van der Waals surface area contributed by atoms with Gasteiger partial charge in [0.2, 0.25) is 0 Å². The number of aromatic nitrogens is 2. The molecule has 0 radical (unpaired) electrons. The first-order valence-corrected chi connectivity index (χ1v) is 8.61. The first-order valence-electron chi connectivity index (χ1n) is 8.61. The van der Waals surface area contributed by atoms with Gasteiger partial charge in [-0.2, -0.15) is 5.26 Å². The molecule has 3 aromatic rings. The van der Waals surface area contributed by atoms with Gasteiger partial charge >= 0.3 is 5.97 Å². The lowest BCUT2D eigenvalue weighted by Gasteiger charge is -2.17. The second kappa shape index (κ2) is 9.46. The molecular formula is C21H21FN4O3. The van der Waals surface area contributed by atoms with Crippen molar-refractivity contribution < 1.29 is 18.7 Å². The number of ether oxygens (including phenoxy) is 1. The van der Waals surface area contributed by atoms with Crippen LogP contribution in [0, 0.1) is 17.1 Å². The third-order valence-corrected chi connectivity index (χ3v) is 4.09. The van der Waals surface area contributed by atoms with Crippen molar-refractivity contribution in [2.24, 2.45) is 0 Å². The molecule has 2 aromatic heterocycles. The van der Waals surface area contributed by atoms with Gasteiger partial charge in [0, 0.05) is 11.8 Å². The summed E-state index contributed by atoms with van der Waals surface area (Å²) in [5.74, 6) is -1.47. The summed E-state index contributed by atoms with van der Waals surface area (Å²) < 4.78 is 18.1. The number of rotatable bonds is 6. The van der Waals surface area contributed by atoms with Crippen LogP contribution in [0.1, 0.15) is 36.1 Å². The molecule has 29 heavy (non-hydrogen) atoms. The number of hydrogen-bond acceptors (Lipinski definition) is 5. The predicted octanol–water partition coefficient (Wildman–Crippen LogP) is 3.11. The third kappa shape index (κ3) is 5.17. The smallest absolute Gasteiger partial charge is 0.328 e. The molecule has 0 spiro atoms. The molecule has 2 heterocycles. The standard InChI is InChI=1S/C20H17FN4O3.CH4/c1-2-28-20(27)17(7-12-3-5-14(21)6-4-12)25-19(26)16-9-13-8-15(10-22)23-11-18(13)24-16;/h3-6,8-9,11,17,24H,2,7H2,1H3,(H,25,26);1H4/t17-;/m0./s1. The van der Waals surface area contributed by atoms with E-state index in [1.165, 1.54) is 18.3 Å². The Balaban J connectivity index is 0.00000300. The Morgan fingerprint density at radius 3 is 2.69 bits per heavy atom. The molecular weight excluding hydrogens is 375 g/mol. The van der Waals surface area contributed by atoms with Crippen molar-refractivity contribution >= 4 is 22.8 Å². The van der Waals surface area contributed by atoms with Gasteiger partial charge < -0.3 is 15.0 Å². The molecule has 8 heteroatoms. The topological polar surface area (TPSA) is 108 Å². The summed E-state index contributed by atoms with van der Waals surface area (Å²) in [4.78, 5) is 31.8. The second-order valence-electron chi connectivity index (χ2n) is 6.06. The molecule has 0 aliphatic rings. The molecule has 0 fully saturated rings. The van der Waals surface area contributed by atoms with Crippen LogP contribution in [0.2, 0.25) is 0 Å². The van der Waals surface area contributed by atoms with Crippen LogP contribution >= 0.6 is 0 Å². The van der Waals surface area contributed by atoms with Crippen LogP contribution in [-0.4, -0.2) is 34.5 Å². The van der Waals surface area contributed by atoms with Crippen molar-refractivity contribution in [3.8, 4) is 6.07 Å². The summed E-state index contributed by atoms with van der Waals surface area (Å²) in [6.45, 7) is 1.84. The van der Waals surface area contributed by atoms with E-state index >= 15 is 0 Å². The zero-order valence-corrected chi connectivity index (χ0v) is 15.0. The maximum absolute atomic E-state index is 13.1. The largest absolute Gasteiger partial charge is 0.464 e. The fourth-order valence-corrected chi connectivity index (χ4v) is 2.74. The summed E-state index contributed by atoms with van der Waals surface area (Å²) in [5, 5.41) is 12.2. The Morgan fingerprint density at radius 1 is 1.31 bits per heavy atom. The minimum Gasteiger partial charge on any atom is -0.464 e. The molecule has 2 N–H and O–H groups in total. The first kappa shape index (κ1) is 21.6.